The second-order valence-electron chi connectivity index (χ2n) is 8.29. The van der Waals surface area contributed by atoms with Gasteiger partial charge in [0.1, 0.15) is 11.1 Å². The molecule has 0 bridgehead atoms. The standard InChI is InChI=1S/C20H26N4O3/c1-6-9-14-12-23(18(26)27-19(2,3)4)13-20(14,5)17(25)24-16-11-8-7-10-15(16)21-22-24/h6-8,10-11,14H,1,9,12-13H2,2-5H3/t14-,20+/m0/s1. The molecule has 1 saturated heterocycles. The van der Waals surface area contributed by atoms with Crippen LogP contribution in [0.25, 0.3) is 11.0 Å². The summed E-state index contributed by atoms with van der Waals surface area (Å²) in [6.45, 7) is 11.9. The average molecular weight is 370 g/mol. The second kappa shape index (κ2) is 6.79. The van der Waals surface area contributed by atoms with Crippen LogP contribution in [0.5, 0.6) is 0 Å². The Kier molecular flexibility index (Phi) is 4.80. The van der Waals surface area contributed by atoms with Crippen LogP contribution in [0, 0.1) is 11.3 Å². The fourth-order valence-electron chi connectivity index (χ4n) is 3.56. The van der Waals surface area contributed by atoms with E-state index in [9.17, 15) is 9.59 Å². The molecule has 144 valence electrons. The normalized spacial score (nSPS) is 22.8. The van der Waals surface area contributed by atoms with Gasteiger partial charge in [-0.3, -0.25) is 4.79 Å². The number of allylic oxidation sites excluding steroid dienone is 1. The van der Waals surface area contributed by atoms with Crippen LogP contribution in [0.1, 0.15) is 38.9 Å². The molecule has 0 unspecified atom stereocenters. The van der Waals surface area contributed by atoms with Crippen molar-refractivity contribution < 1.29 is 14.3 Å². The Morgan fingerprint density at radius 1 is 1.37 bits per heavy atom. The first kappa shape index (κ1) is 19.1. The summed E-state index contributed by atoms with van der Waals surface area (Å²) in [5, 5.41) is 8.15. The number of carbonyl (C=O) groups excluding carboxylic acids is 2. The molecule has 0 saturated carbocycles. The fraction of sp³-hybridized carbons (Fsp3) is 0.500. The van der Waals surface area contributed by atoms with Crippen molar-refractivity contribution in [3.05, 3.63) is 36.9 Å². The van der Waals surface area contributed by atoms with E-state index >= 15 is 0 Å². The van der Waals surface area contributed by atoms with Crippen molar-refractivity contribution in [2.45, 2.75) is 39.7 Å². The molecule has 1 aliphatic heterocycles. The van der Waals surface area contributed by atoms with E-state index in [1.165, 1.54) is 4.68 Å². The maximum atomic E-state index is 13.4. The van der Waals surface area contributed by atoms with Gasteiger partial charge in [-0.15, -0.1) is 11.7 Å². The third-order valence-corrected chi connectivity index (χ3v) is 5.00. The van der Waals surface area contributed by atoms with Crippen LogP contribution in [0.2, 0.25) is 0 Å². The van der Waals surface area contributed by atoms with Gasteiger partial charge >= 0.3 is 6.09 Å². The predicted molar refractivity (Wildman–Crippen MR) is 102 cm³/mol. The summed E-state index contributed by atoms with van der Waals surface area (Å²) >= 11 is 0. The maximum absolute atomic E-state index is 13.4. The van der Waals surface area contributed by atoms with Gasteiger partial charge in [-0.05, 0) is 52.2 Å². The van der Waals surface area contributed by atoms with Crippen LogP contribution in [0.4, 0.5) is 4.79 Å². The SMILES string of the molecule is C=CC[C@H]1CN(C(=O)OC(C)(C)C)C[C@@]1(C)C(=O)n1nnc2ccccc21. The van der Waals surface area contributed by atoms with E-state index in [-0.39, 0.29) is 18.4 Å². The summed E-state index contributed by atoms with van der Waals surface area (Å²) in [6.07, 6.45) is 2.00. The van der Waals surface area contributed by atoms with Crippen molar-refractivity contribution in [2.24, 2.45) is 11.3 Å². The first-order chi connectivity index (χ1) is 12.7. The third-order valence-electron chi connectivity index (χ3n) is 5.00. The summed E-state index contributed by atoms with van der Waals surface area (Å²) in [5.41, 5.74) is -0.0639. The fourth-order valence-corrected chi connectivity index (χ4v) is 3.56. The highest BCUT2D eigenvalue weighted by molar-refractivity contribution is 5.93. The number of ether oxygens (including phenoxy) is 1. The van der Waals surface area contributed by atoms with Crippen LogP contribution in [0.3, 0.4) is 0 Å². The van der Waals surface area contributed by atoms with Gasteiger partial charge in [0.25, 0.3) is 5.91 Å². The number of carbonyl (C=O) groups is 2. The molecule has 0 radical (unpaired) electrons. The zero-order valence-electron chi connectivity index (χ0n) is 16.3. The van der Waals surface area contributed by atoms with E-state index < -0.39 is 17.1 Å². The molecule has 0 spiro atoms. The van der Waals surface area contributed by atoms with Gasteiger partial charge in [0.2, 0.25) is 0 Å². The minimum atomic E-state index is -0.804. The van der Waals surface area contributed by atoms with Crippen LogP contribution < -0.4 is 0 Å². The maximum Gasteiger partial charge on any atom is 0.410 e. The molecule has 1 aromatic carbocycles. The second-order valence-corrected chi connectivity index (χ2v) is 8.29. The predicted octanol–water partition coefficient (Wildman–Crippen LogP) is 3.52. The molecule has 7 nitrogen and oxygen atoms in total. The van der Waals surface area contributed by atoms with Crippen molar-refractivity contribution in [1.82, 2.24) is 19.9 Å². The van der Waals surface area contributed by atoms with Crippen LogP contribution >= 0.6 is 0 Å². The molecule has 7 heteroatoms. The summed E-state index contributed by atoms with van der Waals surface area (Å²) in [6, 6.07) is 7.34. The molecule has 0 aliphatic carbocycles. The lowest BCUT2D eigenvalue weighted by Gasteiger charge is -2.28. The van der Waals surface area contributed by atoms with Gasteiger partial charge in [0.05, 0.1) is 10.9 Å². The lowest BCUT2D eigenvalue weighted by Crippen LogP contribution is -2.41. The van der Waals surface area contributed by atoms with Gasteiger partial charge in [-0.1, -0.05) is 23.4 Å². The van der Waals surface area contributed by atoms with E-state index in [2.05, 4.69) is 16.9 Å². The Bertz CT molecular complexity index is 883. The molecule has 3 rings (SSSR count). The zero-order chi connectivity index (χ0) is 19.8. The Labute approximate surface area is 159 Å². The largest absolute Gasteiger partial charge is 0.444 e. The van der Waals surface area contributed by atoms with Gasteiger partial charge in [-0.2, -0.15) is 4.68 Å². The Hall–Kier alpha value is -2.70. The summed E-state index contributed by atoms with van der Waals surface area (Å²) in [4.78, 5) is 27.6. The zero-order valence-corrected chi connectivity index (χ0v) is 16.3. The van der Waals surface area contributed by atoms with Gasteiger partial charge in [0, 0.05) is 13.1 Å². The highest BCUT2D eigenvalue weighted by Gasteiger charge is 2.51. The molecular formula is C20H26N4O3. The van der Waals surface area contributed by atoms with Crippen molar-refractivity contribution >= 4 is 23.0 Å². The lowest BCUT2D eigenvalue weighted by atomic mass is 9.77. The Balaban J connectivity index is 1.92. The number of amides is 1. The van der Waals surface area contributed by atoms with E-state index in [4.69, 9.17) is 4.74 Å². The first-order valence-corrected chi connectivity index (χ1v) is 9.10. The first-order valence-electron chi connectivity index (χ1n) is 9.10. The van der Waals surface area contributed by atoms with Crippen LogP contribution in [0.15, 0.2) is 36.9 Å². The van der Waals surface area contributed by atoms with Gasteiger partial charge < -0.3 is 9.64 Å². The highest BCUT2D eigenvalue weighted by atomic mass is 16.6. The van der Waals surface area contributed by atoms with E-state index in [0.29, 0.717) is 24.0 Å². The van der Waals surface area contributed by atoms with E-state index in [1.807, 2.05) is 52.0 Å². The lowest BCUT2D eigenvalue weighted by molar-refractivity contribution is 0.0273. The molecule has 0 N–H and O–H groups in total. The van der Waals surface area contributed by atoms with Crippen molar-refractivity contribution in [2.75, 3.05) is 13.1 Å². The number of para-hydroxylation sites is 1. The average Bonchev–Trinajstić information content (AvgIpc) is 3.16. The van der Waals surface area contributed by atoms with E-state index in [0.717, 1.165) is 0 Å². The van der Waals surface area contributed by atoms with Crippen molar-refractivity contribution in [3.8, 4) is 0 Å². The van der Waals surface area contributed by atoms with Gasteiger partial charge in [-0.25, -0.2) is 4.79 Å². The van der Waals surface area contributed by atoms with Crippen molar-refractivity contribution in [3.63, 3.8) is 0 Å². The smallest absolute Gasteiger partial charge is 0.410 e. The summed E-state index contributed by atoms with van der Waals surface area (Å²) in [5.74, 6) is -0.243. The quantitative estimate of drug-likeness (QED) is 0.773. The molecular weight excluding hydrogens is 344 g/mol. The molecule has 2 aromatic rings. The molecule has 1 aliphatic rings. The van der Waals surface area contributed by atoms with Gasteiger partial charge in [0.15, 0.2) is 0 Å². The number of hydrogen-bond acceptors (Lipinski definition) is 5. The number of benzene rings is 1. The minimum absolute atomic E-state index is 0.0713. The van der Waals surface area contributed by atoms with Crippen molar-refractivity contribution in [1.29, 1.82) is 0 Å². The number of likely N-dealkylation sites (tertiary alicyclic amines) is 1. The third kappa shape index (κ3) is 3.59. The minimum Gasteiger partial charge on any atom is -0.444 e. The number of aromatic nitrogens is 3. The highest BCUT2D eigenvalue weighted by Crippen LogP contribution is 2.40. The number of rotatable bonds is 3. The molecule has 1 fully saturated rings. The van der Waals surface area contributed by atoms with Crippen LogP contribution in [-0.4, -0.2) is 50.6 Å². The Morgan fingerprint density at radius 2 is 2.07 bits per heavy atom. The summed E-state index contributed by atoms with van der Waals surface area (Å²) in [7, 11) is 0. The molecule has 1 aromatic heterocycles. The number of nitrogens with zero attached hydrogens (tertiary/aromatic N) is 4. The molecule has 27 heavy (non-hydrogen) atoms. The molecule has 2 heterocycles. The van der Waals surface area contributed by atoms with Crippen LogP contribution in [-0.2, 0) is 4.74 Å². The number of hydrogen-bond donors (Lipinski definition) is 0. The topological polar surface area (TPSA) is 77.3 Å². The Morgan fingerprint density at radius 3 is 2.74 bits per heavy atom. The monoisotopic (exact) mass is 370 g/mol. The molecule has 2 atom stereocenters. The summed E-state index contributed by atoms with van der Waals surface area (Å²) < 4.78 is 6.85. The number of fused-ring (bicyclic) bond motifs is 1. The molecule has 1 amide bonds. The van der Waals surface area contributed by atoms with E-state index in [1.54, 1.807) is 11.0 Å².